The molecule has 0 bridgehead atoms. The first kappa shape index (κ1) is 13.4. The number of benzene rings is 1. The zero-order chi connectivity index (χ0) is 15.0. The Balaban J connectivity index is 1.95. The van der Waals surface area contributed by atoms with Crippen molar-refractivity contribution in [1.29, 1.82) is 0 Å². The number of H-pyrrole nitrogens is 2. The number of carbonyl (C=O) groups is 1. The smallest absolute Gasteiger partial charge is 0.251 e. The topological polar surface area (TPSA) is 73.6 Å². The van der Waals surface area contributed by atoms with Crippen LogP contribution in [0.5, 0.6) is 0 Å². The third-order valence-electron chi connectivity index (χ3n) is 3.16. The summed E-state index contributed by atoms with van der Waals surface area (Å²) in [5.41, 5.74) is 3.21. The van der Waals surface area contributed by atoms with E-state index in [-0.39, 0.29) is 11.4 Å². The van der Waals surface area contributed by atoms with E-state index in [1.165, 1.54) is 0 Å². The van der Waals surface area contributed by atoms with Gasteiger partial charge in [0.05, 0.1) is 11.4 Å². The van der Waals surface area contributed by atoms with Gasteiger partial charge in [-0.2, -0.15) is 5.10 Å². The lowest BCUT2D eigenvalue weighted by Crippen LogP contribution is -2.40. The first-order valence-corrected chi connectivity index (χ1v) is 6.87. The number of aromatic nitrogens is 3. The molecule has 0 spiro atoms. The van der Waals surface area contributed by atoms with Crippen molar-refractivity contribution < 1.29 is 4.79 Å². The zero-order valence-electron chi connectivity index (χ0n) is 12.3. The number of rotatable bonds is 2. The molecule has 21 heavy (non-hydrogen) atoms. The molecule has 0 radical (unpaired) electrons. The average molecular weight is 282 g/mol. The number of nitrogens with one attached hydrogen (secondary N) is 3. The van der Waals surface area contributed by atoms with Crippen LogP contribution in [0.1, 0.15) is 31.1 Å². The summed E-state index contributed by atoms with van der Waals surface area (Å²) < 4.78 is 0. The molecule has 0 saturated carbocycles. The lowest BCUT2D eigenvalue weighted by Gasteiger charge is -2.20. The molecular weight excluding hydrogens is 264 g/mol. The van der Waals surface area contributed by atoms with Crippen LogP contribution in [0.3, 0.4) is 0 Å². The third kappa shape index (κ3) is 2.81. The van der Waals surface area contributed by atoms with Gasteiger partial charge in [-0.15, -0.1) is 0 Å². The van der Waals surface area contributed by atoms with E-state index in [0.717, 1.165) is 22.3 Å². The van der Waals surface area contributed by atoms with Crippen LogP contribution in [-0.4, -0.2) is 26.6 Å². The van der Waals surface area contributed by atoms with Crippen LogP contribution in [0.15, 0.2) is 36.5 Å². The highest BCUT2D eigenvalue weighted by Crippen LogP contribution is 2.23. The second-order valence-corrected chi connectivity index (χ2v) is 6.16. The first-order valence-electron chi connectivity index (χ1n) is 6.87. The van der Waals surface area contributed by atoms with Crippen molar-refractivity contribution in [2.75, 3.05) is 0 Å². The van der Waals surface area contributed by atoms with E-state index in [1.807, 2.05) is 51.1 Å². The van der Waals surface area contributed by atoms with Gasteiger partial charge < -0.3 is 10.3 Å². The van der Waals surface area contributed by atoms with E-state index >= 15 is 0 Å². The Labute approximate surface area is 122 Å². The maximum atomic E-state index is 12.2. The molecule has 0 aliphatic carbocycles. The van der Waals surface area contributed by atoms with Crippen molar-refractivity contribution in [3.63, 3.8) is 0 Å². The molecule has 1 amide bonds. The monoisotopic (exact) mass is 282 g/mol. The van der Waals surface area contributed by atoms with E-state index in [0.29, 0.717) is 5.56 Å². The lowest BCUT2D eigenvalue weighted by molar-refractivity contribution is 0.0919. The molecular formula is C16H18N4O. The van der Waals surface area contributed by atoms with Gasteiger partial charge in [-0.25, -0.2) is 0 Å². The number of carbonyl (C=O) groups excluding carboxylic acids is 1. The largest absolute Gasteiger partial charge is 0.353 e. The van der Waals surface area contributed by atoms with Gasteiger partial charge in [-0.3, -0.25) is 9.89 Å². The molecule has 3 rings (SSSR count). The maximum Gasteiger partial charge on any atom is 0.251 e. The molecule has 5 nitrogen and oxygen atoms in total. The van der Waals surface area contributed by atoms with E-state index in [2.05, 4.69) is 20.5 Å². The highest BCUT2D eigenvalue weighted by molar-refractivity contribution is 5.99. The summed E-state index contributed by atoms with van der Waals surface area (Å²) in [7, 11) is 0. The summed E-state index contributed by atoms with van der Waals surface area (Å²) >= 11 is 0. The van der Waals surface area contributed by atoms with Gasteiger partial charge >= 0.3 is 0 Å². The van der Waals surface area contributed by atoms with Gasteiger partial charge in [0, 0.05) is 28.2 Å². The number of hydrogen-bond acceptors (Lipinski definition) is 2. The molecule has 1 aromatic carbocycles. The van der Waals surface area contributed by atoms with Crippen LogP contribution in [0.25, 0.3) is 22.3 Å². The quantitative estimate of drug-likeness (QED) is 0.675. The minimum Gasteiger partial charge on any atom is -0.353 e. The molecule has 3 N–H and O–H groups in total. The Morgan fingerprint density at radius 1 is 1.14 bits per heavy atom. The van der Waals surface area contributed by atoms with E-state index in [4.69, 9.17) is 0 Å². The zero-order valence-corrected chi connectivity index (χ0v) is 12.3. The van der Waals surface area contributed by atoms with Gasteiger partial charge in [-0.05, 0) is 45.0 Å². The van der Waals surface area contributed by atoms with Crippen molar-refractivity contribution >= 4 is 16.8 Å². The molecule has 2 aromatic heterocycles. The summed E-state index contributed by atoms with van der Waals surface area (Å²) in [6.45, 7) is 5.90. The van der Waals surface area contributed by atoms with Crippen LogP contribution in [-0.2, 0) is 0 Å². The Morgan fingerprint density at radius 2 is 1.95 bits per heavy atom. The molecule has 108 valence electrons. The van der Waals surface area contributed by atoms with E-state index < -0.39 is 0 Å². The predicted molar refractivity (Wildman–Crippen MR) is 83.1 cm³/mol. The number of fused-ring (bicyclic) bond motifs is 1. The number of hydrogen-bond donors (Lipinski definition) is 3. The van der Waals surface area contributed by atoms with Gasteiger partial charge in [0.1, 0.15) is 0 Å². The van der Waals surface area contributed by atoms with Gasteiger partial charge in [0.2, 0.25) is 0 Å². The second kappa shape index (κ2) is 4.77. The van der Waals surface area contributed by atoms with Crippen LogP contribution in [0.2, 0.25) is 0 Å². The standard InChI is InChI=1S/C16H18N4O/c1-16(2,3)19-15(21)11-5-4-10-8-14(18-13(10)9-11)12-6-7-17-20-12/h4-9,18H,1-3H3,(H,17,20)(H,19,21). The number of amides is 1. The molecule has 5 heteroatoms. The number of aromatic amines is 2. The lowest BCUT2D eigenvalue weighted by atomic mass is 10.1. The van der Waals surface area contributed by atoms with Crippen molar-refractivity contribution in [2.24, 2.45) is 0 Å². The third-order valence-corrected chi connectivity index (χ3v) is 3.16. The fraction of sp³-hybridized carbons (Fsp3) is 0.250. The molecule has 0 aliphatic rings. The minimum atomic E-state index is -0.247. The van der Waals surface area contributed by atoms with E-state index in [1.54, 1.807) is 6.20 Å². The maximum absolute atomic E-state index is 12.2. The molecule has 0 aliphatic heterocycles. The molecule has 0 atom stereocenters. The van der Waals surface area contributed by atoms with Gasteiger partial charge in [0.25, 0.3) is 5.91 Å². The minimum absolute atomic E-state index is 0.0675. The highest BCUT2D eigenvalue weighted by atomic mass is 16.1. The van der Waals surface area contributed by atoms with Crippen molar-refractivity contribution in [2.45, 2.75) is 26.3 Å². The summed E-state index contributed by atoms with van der Waals surface area (Å²) in [6.07, 6.45) is 1.71. The van der Waals surface area contributed by atoms with Crippen LogP contribution < -0.4 is 5.32 Å². The fourth-order valence-corrected chi connectivity index (χ4v) is 2.23. The second-order valence-electron chi connectivity index (χ2n) is 6.16. The Morgan fingerprint density at radius 3 is 2.62 bits per heavy atom. The summed E-state index contributed by atoms with van der Waals surface area (Å²) in [5, 5.41) is 10.9. The predicted octanol–water partition coefficient (Wildman–Crippen LogP) is 3.09. The number of nitrogens with zero attached hydrogens (tertiary/aromatic N) is 1. The first-order chi connectivity index (χ1) is 9.92. The van der Waals surface area contributed by atoms with Crippen LogP contribution in [0, 0.1) is 0 Å². The van der Waals surface area contributed by atoms with Gasteiger partial charge in [-0.1, -0.05) is 6.07 Å². The molecule has 0 unspecified atom stereocenters. The fourth-order valence-electron chi connectivity index (χ4n) is 2.23. The molecule has 0 fully saturated rings. The average Bonchev–Trinajstić information content (AvgIpc) is 3.04. The summed E-state index contributed by atoms with van der Waals surface area (Å²) in [6, 6.07) is 9.60. The Kier molecular flexibility index (Phi) is 3.05. The Bertz CT molecular complexity index is 778. The van der Waals surface area contributed by atoms with Crippen molar-refractivity contribution in [3.05, 3.63) is 42.1 Å². The van der Waals surface area contributed by atoms with Crippen LogP contribution in [0.4, 0.5) is 0 Å². The molecule has 0 saturated heterocycles. The molecule has 2 heterocycles. The molecule has 3 aromatic rings. The van der Waals surface area contributed by atoms with E-state index in [9.17, 15) is 4.79 Å². The normalized spacial score (nSPS) is 11.8. The summed E-state index contributed by atoms with van der Waals surface area (Å²) in [5.74, 6) is -0.0675. The highest BCUT2D eigenvalue weighted by Gasteiger charge is 2.16. The van der Waals surface area contributed by atoms with Crippen LogP contribution >= 0.6 is 0 Å². The van der Waals surface area contributed by atoms with Crippen molar-refractivity contribution in [3.8, 4) is 11.4 Å². The van der Waals surface area contributed by atoms with Crippen molar-refractivity contribution in [1.82, 2.24) is 20.5 Å². The Hall–Kier alpha value is -2.56. The van der Waals surface area contributed by atoms with Gasteiger partial charge in [0.15, 0.2) is 0 Å². The SMILES string of the molecule is CC(C)(C)NC(=O)c1ccc2cc(-c3ccn[nH]3)[nH]c2c1. The summed E-state index contributed by atoms with van der Waals surface area (Å²) in [4.78, 5) is 15.5.